The van der Waals surface area contributed by atoms with Gasteiger partial charge in [0.25, 0.3) is 5.91 Å². The molecule has 2 aromatic carbocycles. The highest BCUT2D eigenvalue weighted by Gasteiger charge is 2.15. The van der Waals surface area contributed by atoms with Gasteiger partial charge < -0.3 is 20.3 Å². The van der Waals surface area contributed by atoms with Crippen LogP contribution in [0.2, 0.25) is 0 Å². The molecular weight excluding hydrogens is 324 g/mol. The number of amides is 1. The SMILES string of the molecule is O=C(O)CNC(=O)c1nc2ccc(Oc3ccccc3)cc2cc1O. The molecule has 0 saturated heterocycles. The van der Waals surface area contributed by atoms with Crippen LogP contribution in [-0.4, -0.2) is 33.6 Å². The van der Waals surface area contributed by atoms with E-state index in [0.29, 0.717) is 22.4 Å². The number of aliphatic carboxylic acids is 1. The van der Waals surface area contributed by atoms with Crippen LogP contribution in [0.5, 0.6) is 17.2 Å². The summed E-state index contributed by atoms with van der Waals surface area (Å²) in [7, 11) is 0. The lowest BCUT2D eigenvalue weighted by Gasteiger charge is -2.09. The number of fused-ring (bicyclic) bond motifs is 1. The number of nitrogens with one attached hydrogen (secondary N) is 1. The van der Waals surface area contributed by atoms with Crippen LogP contribution in [0.3, 0.4) is 0 Å². The predicted molar refractivity (Wildman–Crippen MR) is 89.9 cm³/mol. The number of hydrogen-bond acceptors (Lipinski definition) is 5. The van der Waals surface area contributed by atoms with E-state index in [4.69, 9.17) is 9.84 Å². The fourth-order valence-electron chi connectivity index (χ4n) is 2.24. The molecule has 7 heteroatoms. The van der Waals surface area contributed by atoms with Crippen molar-refractivity contribution in [3.8, 4) is 17.2 Å². The maximum absolute atomic E-state index is 11.9. The van der Waals surface area contributed by atoms with Gasteiger partial charge in [-0.3, -0.25) is 9.59 Å². The van der Waals surface area contributed by atoms with Gasteiger partial charge in [0.2, 0.25) is 0 Å². The number of ether oxygens (including phenoxy) is 1. The van der Waals surface area contributed by atoms with E-state index in [9.17, 15) is 14.7 Å². The number of para-hydroxylation sites is 1. The van der Waals surface area contributed by atoms with Crippen LogP contribution in [0.4, 0.5) is 0 Å². The van der Waals surface area contributed by atoms with E-state index in [-0.39, 0.29) is 11.4 Å². The highest BCUT2D eigenvalue weighted by molar-refractivity contribution is 5.99. The molecule has 0 spiro atoms. The van der Waals surface area contributed by atoms with Crippen molar-refractivity contribution in [2.75, 3.05) is 6.54 Å². The lowest BCUT2D eigenvalue weighted by Crippen LogP contribution is -2.29. The fraction of sp³-hybridized carbons (Fsp3) is 0.0556. The second-order valence-electron chi connectivity index (χ2n) is 5.20. The predicted octanol–water partition coefficient (Wildman–Crippen LogP) is 2.55. The Kier molecular flexibility index (Phi) is 4.47. The van der Waals surface area contributed by atoms with Gasteiger partial charge in [-0.1, -0.05) is 18.2 Å². The van der Waals surface area contributed by atoms with Crippen molar-refractivity contribution in [3.05, 3.63) is 60.3 Å². The largest absolute Gasteiger partial charge is 0.505 e. The molecular formula is C18H14N2O5. The molecule has 7 nitrogen and oxygen atoms in total. The average Bonchev–Trinajstić information content (AvgIpc) is 2.60. The van der Waals surface area contributed by atoms with Gasteiger partial charge in [-0.2, -0.15) is 0 Å². The summed E-state index contributed by atoms with van der Waals surface area (Å²) in [6.45, 7) is -0.554. The Hall–Kier alpha value is -3.61. The molecule has 0 saturated carbocycles. The third-order valence-electron chi connectivity index (χ3n) is 3.36. The van der Waals surface area contributed by atoms with E-state index in [1.165, 1.54) is 6.07 Å². The zero-order chi connectivity index (χ0) is 17.8. The third kappa shape index (κ3) is 3.84. The Morgan fingerprint density at radius 2 is 1.80 bits per heavy atom. The monoisotopic (exact) mass is 338 g/mol. The minimum atomic E-state index is -1.18. The summed E-state index contributed by atoms with van der Waals surface area (Å²) in [5, 5.41) is 21.3. The fourth-order valence-corrected chi connectivity index (χ4v) is 2.24. The van der Waals surface area contributed by atoms with Crippen LogP contribution in [0.15, 0.2) is 54.6 Å². The Morgan fingerprint density at radius 3 is 2.52 bits per heavy atom. The molecule has 1 amide bonds. The van der Waals surface area contributed by atoms with Crippen LogP contribution in [0.25, 0.3) is 10.9 Å². The quantitative estimate of drug-likeness (QED) is 0.660. The summed E-state index contributed by atoms with van der Waals surface area (Å²) in [5.74, 6) is -1.05. The van der Waals surface area contributed by atoms with E-state index in [0.717, 1.165) is 0 Å². The topological polar surface area (TPSA) is 109 Å². The maximum Gasteiger partial charge on any atom is 0.322 e. The number of carbonyl (C=O) groups excluding carboxylic acids is 1. The third-order valence-corrected chi connectivity index (χ3v) is 3.36. The Bertz CT molecular complexity index is 941. The molecule has 0 bridgehead atoms. The zero-order valence-corrected chi connectivity index (χ0v) is 13.0. The number of carboxylic acid groups (broad SMARTS) is 1. The minimum Gasteiger partial charge on any atom is -0.505 e. The van der Waals surface area contributed by atoms with E-state index in [1.54, 1.807) is 18.2 Å². The summed E-state index contributed by atoms with van der Waals surface area (Å²) in [6.07, 6.45) is 0. The normalized spacial score (nSPS) is 10.4. The molecule has 0 unspecified atom stereocenters. The second kappa shape index (κ2) is 6.88. The second-order valence-corrected chi connectivity index (χ2v) is 5.20. The van der Waals surface area contributed by atoms with Gasteiger partial charge in [-0.15, -0.1) is 0 Å². The highest BCUT2D eigenvalue weighted by atomic mass is 16.5. The highest BCUT2D eigenvalue weighted by Crippen LogP contribution is 2.28. The number of nitrogens with zero attached hydrogens (tertiary/aromatic N) is 1. The molecule has 0 aliphatic rings. The number of carboxylic acids is 1. The summed E-state index contributed by atoms with van der Waals surface area (Å²) in [5.41, 5.74) is 0.240. The van der Waals surface area contributed by atoms with E-state index in [1.807, 2.05) is 30.3 Å². The first kappa shape index (κ1) is 16.3. The zero-order valence-electron chi connectivity index (χ0n) is 13.0. The van der Waals surface area contributed by atoms with Gasteiger partial charge in [0.15, 0.2) is 5.69 Å². The van der Waals surface area contributed by atoms with Crippen molar-refractivity contribution in [2.45, 2.75) is 0 Å². The Morgan fingerprint density at radius 1 is 1.04 bits per heavy atom. The van der Waals surface area contributed by atoms with Crippen molar-refractivity contribution in [3.63, 3.8) is 0 Å². The molecule has 0 aliphatic carbocycles. The first-order chi connectivity index (χ1) is 12.0. The average molecular weight is 338 g/mol. The Labute approximate surface area is 142 Å². The molecule has 25 heavy (non-hydrogen) atoms. The smallest absolute Gasteiger partial charge is 0.322 e. The summed E-state index contributed by atoms with van der Waals surface area (Å²) >= 11 is 0. The van der Waals surface area contributed by atoms with Crippen molar-refractivity contribution in [1.29, 1.82) is 0 Å². The van der Waals surface area contributed by atoms with Crippen molar-refractivity contribution in [1.82, 2.24) is 10.3 Å². The van der Waals surface area contributed by atoms with Gasteiger partial charge in [-0.05, 0) is 36.4 Å². The number of hydrogen-bond donors (Lipinski definition) is 3. The number of aromatic nitrogens is 1. The van der Waals surface area contributed by atoms with Crippen LogP contribution in [0, 0.1) is 0 Å². The molecule has 126 valence electrons. The summed E-state index contributed by atoms with van der Waals surface area (Å²) in [4.78, 5) is 26.5. The molecule has 0 aliphatic heterocycles. The molecule has 0 radical (unpaired) electrons. The van der Waals surface area contributed by atoms with Crippen LogP contribution in [0.1, 0.15) is 10.5 Å². The number of rotatable bonds is 5. The first-order valence-electron chi connectivity index (χ1n) is 7.39. The van der Waals surface area contributed by atoms with Gasteiger partial charge in [0, 0.05) is 5.39 Å². The van der Waals surface area contributed by atoms with Gasteiger partial charge in [0.05, 0.1) is 5.52 Å². The van der Waals surface area contributed by atoms with E-state index in [2.05, 4.69) is 10.3 Å². The first-order valence-corrected chi connectivity index (χ1v) is 7.39. The van der Waals surface area contributed by atoms with Crippen molar-refractivity contribution >= 4 is 22.8 Å². The van der Waals surface area contributed by atoms with Crippen LogP contribution < -0.4 is 10.1 Å². The van der Waals surface area contributed by atoms with E-state index >= 15 is 0 Å². The number of benzene rings is 2. The lowest BCUT2D eigenvalue weighted by atomic mass is 10.1. The van der Waals surface area contributed by atoms with Gasteiger partial charge >= 0.3 is 5.97 Å². The Balaban J connectivity index is 1.88. The number of aromatic hydroxyl groups is 1. The standard InChI is InChI=1S/C18H14N2O5/c21-15-9-11-8-13(25-12-4-2-1-3-5-12)6-7-14(11)20-17(15)18(24)19-10-16(22)23/h1-9,21H,10H2,(H,19,24)(H,22,23). The maximum atomic E-state index is 11.9. The molecule has 3 rings (SSSR count). The number of pyridine rings is 1. The van der Waals surface area contributed by atoms with Crippen LogP contribution in [-0.2, 0) is 4.79 Å². The lowest BCUT2D eigenvalue weighted by molar-refractivity contribution is -0.135. The van der Waals surface area contributed by atoms with Crippen molar-refractivity contribution in [2.24, 2.45) is 0 Å². The van der Waals surface area contributed by atoms with Gasteiger partial charge in [0.1, 0.15) is 23.8 Å². The minimum absolute atomic E-state index is 0.231. The number of carbonyl (C=O) groups is 2. The van der Waals surface area contributed by atoms with Crippen molar-refractivity contribution < 1.29 is 24.5 Å². The molecule has 0 fully saturated rings. The molecule has 3 aromatic rings. The van der Waals surface area contributed by atoms with E-state index < -0.39 is 18.4 Å². The molecule has 0 atom stereocenters. The molecule has 3 N–H and O–H groups in total. The molecule has 1 heterocycles. The summed E-state index contributed by atoms with van der Waals surface area (Å²) in [6, 6.07) is 15.6. The van der Waals surface area contributed by atoms with Gasteiger partial charge in [-0.25, -0.2) is 4.98 Å². The van der Waals surface area contributed by atoms with Crippen LogP contribution >= 0.6 is 0 Å². The summed E-state index contributed by atoms with van der Waals surface area (Å²) < 4.78 is 5.71. The molecule has 1 aromatic heterocycles.